The molecule has 1 fully saturated rings. The molecule has 4 aromatic heterocycles. The highest BCUT2D eigenvalue weighted by molar-refractivity contribution is 7.77. The van der Waals surface area contributed by atoms with Crippen molar-refractivity contribution in [3.05, 3.63) is 54.4 Å². The third kappa shape index (κ3) is 4.73. The lowest BCUT2D eigenvalue weighted by atomic mass is 10.1. The second-order valence-corrected chi connectivity index (χ2v) is 10.1. The predicted octanol–water partition coefficient (Wildman–Crippen LogP) is 3.06. The summed E-state index contributed by atoms with van der Waals surface area (Å²) in [5, 5.41) is 1.84. The minimum atomic E-state index is -2.27. The third-order valence-corrected chi connectivity index (χ3v) is 7.45. The number of thiazole rings is 1. The second kappa shape index (κ2) is 9.99. The Bertz CT molecular complexity index is 1560. The van der Waals surface area contributed by atoms with Crippen LogP contribution in [0.3, 0.4) is 0 Å². The fourth-order valence-electron chi connectivity index (χ4n) is 4.26. The molecular formula is C24H22N7O3S2-. The Balaban J connectivity index is 1.42. The van der Waals surface area contributed by atoms with Crippen LogP contribution in [0.1, 0.15) is 5.56 Å². The zero-order valence-electron chi connectivity index (χ0n) is 19.1. The van der Waals surface area contributed by atoms with Gasteiger partial charge in [0.1, 0.15) is 21.0 Å². The zero-order chi connectivity index (χ0) is 24.5. The molecule has 2 N–H and O–H groups in total. The van der Waals surface area contributed by atoms with E-state index in [1.54, 1.807) is 6.20 Å². The van der Waals surface area contributed by atoms with Gasteiger partial charge in [-0.15, -0.1) is 0 Å². The van der Waals surface area contributed by atoms with E-state index in [0.29, 0.717) is 32.0 Å². The summed E-state index contributed by atoms with van der Waals surface area (Å²) in [5.74, 6) is 1.41. The standard InChI is InChI=1S/C24H23N7O3S2/c32-36(33)27-7-4-15-2-1-3-17(12-15)23-28-19-22(31-8-10-34-11-9-31)29-21(30-24(19)35-23)18-13-16-5-6-25-20(16)26-14-18/h1-3,5-6,12-14,27H,4,7-11H2,(H,25,26)(H,32,33)/p-1. The number of anilines is 1. The number of benzene rings is 1. The predicted molar refractivity (Wildman–Crippen MR) is 139 cm³/mol. The molecule has 1 aliphatic heterocycles. The summed E-state index contributed by atoms with van der Waals surface area (Å²) in [7, 11) is 0. The molecule has 0 bridgehead atoms. The molecule has 10 nitrogen and oxygen atoms in total. The van der Waals surface area contributed by atoms with Crippen molar-refractivity contribution >= 4 is 49.8 Å². The molecule has 36 heavy (non-hydrogen) atoms. The van der Waals surface area contributed by atoms with Crippen molar-refractivity contribution in [1.82, 2.24) is 29.6 Å². The van der Waals surface area contributed by atoms with Gasteiger partial charge < -0.3 is 19.2 Å². The van der Waals surface area contributed by atoms with Crippen LogP contribution >= 0.6 is 11.3 Å². The van der Waals surface area contributed by atoms with Crippen LogP contribution in [-0.4, -0.2) is 66.5 Å². The molecule has 0 spiro atoms. The molecule has 0 saturated carbocycles. The maximum atomic E-state index is 10.8. The van der Waals surface area contributed by atoms with E-state index in [9.17, 15) is 8.76 Å². The largest absolute Gasteiger partial charge is 0.760 e. The van der Waals surface area contributed by atoms with Crippen molar-refractivity contribution in [1.29, 1.82) is 0 Å². The fourth-order valence-corrected chi connectivity index (χ4v) is 5.46. The number of aromatic amines is 1. The van der Waals surface area contributed by atoms with Crippen LogP contribution in [0.15, 0.2) is 48.8 Å². The highest BCUT2D eigenvalue weighted by Crippen LogP contribution is 2.35. The van der Waals surface area contributed by atoms with Gasteiger partial charge in [-0.2, -0.15) is 0 Å². The molecule has 12 heteroatoms. The van der Waals surface area contributed by atoms with Gasteiger partial charge in [0.25, 0.3) is 0 Å². The molecule has 5 heterocycles. The molecule has 0 radical (unpaired) electrons. The topological polar surface area (TPSA) is 132 Å². The zero-order valence-corrected chi connectivity index (χ0v) is 20.8. The van der Waals surface area contributed by atoms with Crippen molar-refractivity contribution in [2.24, 2.45) is 0 Å². The number of nitrogens with zero attached hydrogens (tertiary/aromatic N) is 5. The van der Waals surface area contributed by atoms with Crippen LogP contribution in [0.25, 0.3) is 43.3 Å². The summed E-state index contributed by atoms with van der Waals surface area (Å²) in [6.45, 7) is 3.08. The van der Waals surface area contributed by atoms with Gasteiger partial charge in [-0.3, -0.25) is 4.21 Å². The third-order valence-electron chi connectivity index (χ3n) is 6.02. The van der Waals surface area contributed by atoms with E-state index in [4.69, 9.17) is 19.7 Å². The van der Waals surface area contributed by atoms with Gasteiger partial charge in [-0.05, 0) is 30.2 Å². The number of pyridine rings is 1. The summed E-state index contributed by atoms with van der Waals surface area (Å²) in [4.78, 5) is 25.4. The smallest absolute Gasteiger partial charge is 0.164 e. The number of morpholine rings is 1. The van der Waals surface area contributed by atoms with E-state index in [1.807, 2.05) is 42.6 Å². The molecular weight excluding hydrogens is 498 g/mol. The Hall–Kier alpha value is -3.29. The molecule has 1 aliphatic rings. The quantitative estimate of drug-likeness (QED) is 0.313. The monoisotopic (exact) mass is 520 g/mol. The number of fused-ring (bicyclic) bond motifs is 2. The number of H-pyrrole nitrogens is 1. The normalized spacial score (nSPS) is 15.1. The van der Waals surface area contributed by atoms with E-state index < -0.39 is 11.3 Å². The number of hydrogen-bond donors (Lipinski definition) is 2. The molecule has 6 rings (SSSR count). The first kappa shape index (κ1) is 23.1. The van der Waals surface area contributed by atoms with Crippen molar-refractivity contribution in [3.8, 4) is 22.0 Å². The van der Waals surface area contributed by atoms with Gasteiger partial charge in [0.05, 0.1) is 13.2 Å². The van der Waals surface area contributed by atoms with Gasteiger partial charge >= 0.3 is 0 Å². The number of ether oxygens (including phenoxy) is 1. The lowest BCUT2D eigenvalue weighted by molar-refractivity contribution is 0.122. The SMILES string of the molecule is O=S([O-])NCCc1cccc(-c2nc3c(N4CCOCC4)nc(-c4cnc5[nH]ccc5c4)nc3s2)c1. The number of hydrogen-bond acceptors (Lipinski definition) is 9. The van der Waals surface area contributed by atoms with Gasteiger partial charge in [-0.1, -0.05) is 29.5 Å². The van der Waals surface area contributed by atoms with E-state index in [-0.39, 0.29) is 0 Å². The number of rotatable bonds is 7. The van der Waals surface area contributed by atoms with Gasteiger partial charge in [0.2, 0.25) is 0 Å². The molecule has 0 amide bonds. The highest BCUT2D eigenvalue weighted by atomic mass is 32.2. The van der Waals surface area contributed by atoms with E-state index >= 15 is 0 Å². The van der Waals surface area contributed by atoms with Crippen LogP contribution in [0, 0.1) is 0 Å². The Labute approximate surface area is 213 Å². The van der Waals surface area contributed by atoms with Crippen LogP contribution in [0.4, 0.5) is 5.82 Å². The van der Waals surface area contributed by atoms with E-state index in [2.05, 4.69) is 19.6 Å². The molecule has 0 aliphatic carbocycles. The van der Waals surface area contributed by atoms with Gasteiger partial charge in [0.15, 0.2) is 11.6 Å². The van der Waals surface area contributed by atoms with E-state index in [1.165, 1.54) is 11.3 Å². The van der Waals surface area contributed by atoms with Gasteiger partial charge in [-0.25, -0.2) is 24.7 Å². The van der Waals surface area contributed by atoms with Crippen LogP contribution in [0.5, 0.6) is 0 Å². The van der Waals surface area contributed by atoms with Crippen molar-refractivity contribution in [2.75, 3.05) is 37.7 Å². The van der Waals surface area contributed by atoms with Crippen molar-refractivity contribution in [3.63, 3.8) is 0 Å². The lowest BCUT2D eigenvalue weighted by Crippen LogP contribution is -2.37. The Morgan fingerprint density at radius 2 is 2.03 bits per heavy atom. The maximum absolute atomic E-state index is 10.8. The second-order valence-electron chi connectivity index (χ2n) is 8.36. The molecule has 184 valence electrons. The lowest BCUT2D eigenvalue weighted by Gasteiger charge is -2.28. The molecule has 5 aromatic rings. The average Bonchev–Trinajstić information content (AvgIpc) is 3.55. The summed E-state index contributed by atoms with van der Waals surface area (Å²) in [6.07, 6.45) is 4.24. The Kier molecular flexibility index (Phi) is 6.42. The molecule has 1 atom stereocenters. The van der Waals surface area contributed by atoms with Crippen molar-refractivity contribution < 1.29 is 13.5 Å². The number of aromatic nitrogens is 5. The first-order valence-electron chi connectivity index (χ1n) is 11.5. The van der Waals surface area contributed by atoms with Crippen LogP contribution in [0.2, 0.25) is 0 Å². The minimum absolute atomic E-state index is 0.342. The van der Waals surface area contributed by atoms with Crippen molar-refractivity contribution in [2.45, 2.75) is 6.42 Å². The molecule has 1 unspecified atom stereocenters. The Morgan fingerprint density at radius 1 is 1.14 bits per heavy atom. The summed E-state index contributed by atoms with van der Waals surface area (Å²) >= 11 is -0.746. The number of nitrogens with one attached hydrogen (secondary N) is 2. The van der Waals surface area contributed by atoms with E-state index in [0.717, 1.165) is 62.0 Å². The fraction of sp³-hybridized carbons (Fsp3) is 0.250. The molecule has 1 saturated heterocycles. The summed E-state index contributed by atoms with van der Waals surface area (Å²) in [6, 6.07) is 12.0. The first-order chi connectivity index (χ1) is 17.6. The minimum Gasteiger partial charge on any atom is -0.760 e. The first-order valence-corrected chi connectivity index (χ1v) is 13.4. The van der Waals surface area contributed by atoms with Crippen LogP contribution in [-0.2, 0) is 22.4 Å². The van der Waals surface area contributed by atoms with Gasteiger partial charge in [0, 0.05) is 59.8 Å². The average molecular weight is 521 g/mol. The van der Waals surface area contributed by atoms with Crippen LogP contribution < -0.4 is 9.62 Å². The summed E-state index contributed by atoms with van der Waals surface area (Å²) in [5.41, 5.74) is 4.42. The summed E-state index contributed by atoms with van der Waals surface area (Å²) < 4.78 is 29.5. The molecule has 1 aromatic carbocycles. The maximum Gasteiger partial charge on any atom is 0.164 e. The highest BCUT2D eigenvalue weighted by Gasteiger charge is 2.22. The Morgan fingerprint density at radius 3 is 2.89 bits per heavy atom.